The van der Waals surface area contributed by atoms with E-state index in [2.05, 4.69) is 17.2 Å². The molecule has 0 radical (unpaired) electrons. The summed E-state index contributed by atoms with van der Waals surface area (Å²) in [5.41, 5.74) is 3.55. The summed E-state index contributed by atoms with van der Waals surface area (Å²) in [6, 6.07) is 20.1. The predicted molar refractivity (Wildman–Crippen MR) is 200 cm³/mol. The lowest BCUT2D eigenvalue weighted by atomic mass is 9.98. The highest BCUT2D eigenvalue weighted by atomic mass is 16.5. The number of hydrogen-bond acceptors (Lipinski definition) is 8. The maximum Gasteiger partial charge on any atom is 0.334 e. The quantitative estimate of drug-likeness (QED) is 0.140. The zero-order valence-corrected chi connectivity index (χ0v) is 30.4. The van der Waals surface area contributed by atoms with Crippen molar-refractivity contribution in [2.75, 3.05) is 32.8 Å². The molecule has 0 aliphatic carbocycles. The van der Waals surface area contributed by atoms with E-state index in [1.54, 1.807) is 41.2 Å². The summed E-state index contributed by atoms with van der Waals surface area (Å²) in [5.74, 6) is -1.26. The third-order valence-electron chi connectivity index (χ3n) is 9.64. The van der Waals surface area contributed by atoms with E-state index < -0.39 is 24.2 Å². The van der Waals surface area contributed by atoms with Gasteiger partial charge in [-0.25, -0.2) is 14.8 Å². The Hall–Kier alpha value is -6.15. The van der Waals surface area contributed by atoms with Crippen molar-refractivity contribution in [3.63, 3.8) is 0 Å². The molecule has 2 saturated heterocycles. The fourth-order valence-corrected chi connectivity index (χ4v) is 7.23. The second kappa shape index (κ2) is 16.7. The number of amides is 5. The highest BCUT2D eigenvalue weighted by Crippen LogP contribution is 2.31. The van der Waals surface area contributed by atoms with Gasteiger partial charge in [-0.05, 0) is 35.7 Å². The van der Waals surface area contributed by atoms with E-state index >= 15 is 0 Å². The predicted octanol–water partition coefficient (Wildman–Crippen LogP) is 3.30. The molecule has 54 heavy (non-hydrogen) atoms. The Kier molecular flexibility index (Phi) is 11.6. The van der Waals surface area contributed by atoms with Crippen molar-refractivity contribution in [3.8, 4) is 5.75 Å². The first-order valence-electron chi connectivity index (χ1n) is 17.9. The second-order valence-corrected chi connectivity index (χ2v) is 13.3. The van der Waals surface area contributed by atoms with Crippen molar-refractivity contribution in [1.82, 2.24) is 35.0 Å². The normalized spacial score (nSPS) is 17.3. The lowest BCUT2D eigenvalue weighted by Crippen LogP contribution is -2.76. The molecule has 14 heteroatoms. The summed E-state index contributed by atoms with van der Waals surface area (Å²) in [7, 11) is 1.82. The van der Waals surface area contributed by atoms with E-state index in [1.807, 2.05) is 60.1 Å². The first kappa shape index (κ1) is 37.6. The highest BCUT2D eigenvalue weighted by Gasteiger charge is 2.51. The van der Waals surface area contributed by atoms with E-state index in [4.69, 9.17) is 4.74 Å². The van der Waals surface area contributed by atoms with E-state index in [0.29, 0.717) is 10.9 Å². The molecule has 3 N–H and O–H groups in total. The van der Waals surface area contributed by atoms with E-state index in [9.17, 15) is 29.1 Å². The van der Waals surface area contributed by atoms with E-state index in [0.717, 1.165) is 22.2 Å². The average Bonchev–Trinajstić information content (AvgIpc) is 3.50. The van der Waals surface area contributed by atoms with Crippen LogP contribution in [-0.2, 0) is 45.7 Å². The summed E-state index contributed by atoms with van der Waals surface area (Å²) in [6.07, 6.45) is 2.69. The van der Waals surface area contributed by atoms with Crippen molar-refractivity contribution in [2.24, 2.45) is 7.05 Å². The molecule has 2 atom stereocenters. The van der Waals surface area contributed by atoms with Gasteiger partial charge in [0.2, 0.25) is 11.8 Å². The van der Waals surface area contributed by atoms with Gasteiger partial charge in [0.15, 0.2) is 0 Å². The third kappa shape index (κ3) is 8.08. The first-order valence-corrected chi connectivity index (χ1v) is 17.9. The number of benzene rings is 3. The van der Waals surface area contributed by atoms with Crippen LogP contribution in [0.15, 0.2) is 91.6 Å². The van der Waals surface area contributed by atoms with Gasteiger partial charge in [0, 0.05) is 51.2 Å². The molecule has 0 bridgehead atoms. The molecule has 282 valence electrons. The fourth-order valence-electron chi connectivity index (χ4n) is 7.23. The van der Waals surface area contributed by atoms with Gasteiger partial charge in [-0.1, -0.05) is 66.7 Å². The van der Waals surface area contributed by atoms with Crippen LogP contribution in [0.2, 0.25) is 0 Å². The van der Waals surface area contributed by atoms with Gasteiger partial charge in [-0.2, -0.15) is 0 Å². The minimum atomic E-state index is -0.954. The van der Waals surface area contributed by atoms with Gasteiger partial charge in [-0.15, -0.1) is 6.58 Å². The number of esters is 1. The molecule has 3 aromatic carbocycles. The summed E-state index contributed by atoms with van der Waals surface area (Å²) in [4.78, 5) is 70.9. The van der Waals surface area contributed by atoms with E-state index in [1.165, 1.54) is 22.0 Å². The standard InChI is InChI=1S/C40H45N7O7/c1-4-20-45-26-35(49)46-33(21-27-14-16-30(48)17-15-27)39(52)44(25-34(46)47(45)40(53)42-22-28-10-7-6-8-11-28)23-29-12-9-13-31-32(24-43(3)37(29)31)38(51)41-19-18-36(50)54-5-2/h4,6-17,24,33-34,48H,1,5,18-23,25-26H2,2-3H3,(H,41,51)(H,42,53)/t33-,34-/m0/s1. The number of hydrogen-bond donors (Lipinski definition) is 3. The molecule has 0 unspecified atom stereocenters. The molecular formula is C40H45N7O7. The highest BCUT2D eigenvalue weighted by molar-refractivity contribution is 6.07. The van der Waals surface area contributed by atoms with Crippen molar-refractivity contribution >= 4 is 40.6 Å². The Labute approximate surface area is 313 Å². The molecule has 2 fully saturated rings. The Morgan fingerprint density at radius 2 is 1.74 bits per heavy atom. The Morgan fingerprint density at radius 1 is 0.981 bits per heavy atom. The SMILES string of the molecule is C=CCN1CC(=O)N2[C@@H](Cc3ccc(O)cc3)C(=O)N(Cc3cccc4c(C(=O)NCCC(=O)OCC)cn(C)c34)C[C@@H]2N1C(=O)NCc1ccccc1. The lowest BCUT2D eigenvalue weighted by molar-refractivity contribution is -0.189. The fraction of sp³-hybridized carbons (Fsp3) is 0.325. The Bertz CT molecular complexity index is 2030. The second-order valence-electron chi connectivity index (χ2n) is 13.3. The number of aryl methyl sites for hydroxylation is 1. The molecule has 1 aromatic heterocycles. The topological polar surface area (TPSA) is 157 Å². The number of nitrogens with zero attached hydrogens (tertiary/aromatic N) is 5. The van der Waals surface area contributed by atoms with Crippen molar-refractivity contribution in [2.45, 2.75) is 45.1 Å². The van der Waals surface area contributed by atoms with Crippen LogP contribution >= 0.6 is 0 Å². The number of aromatic hydroxyl groups is 1. The summed E-state index contributed by atoms with van der Waals surface area (Å²) >= 11 is 0. The number of hydrazine groups is 1. The average molecular weight is 736 g/mol. The van der Waals surface area contributed by atoms with Crippen LogP contribution in [-0.4, -0.2) is 104 Å². The maximum atomic E-state index is 14.6. The van der Waals surface area contributed by atoms with E-state index in [-0.39, 0.29) is 82.2 Å². The van der Waals surface area contributed by atoms with Gasteiger partial charge in [-0.3, -0.25) is 19.2 Å². The number of piperazine rings is 1. The Morgan fingerprint density at radius 3 is 2.46 bits per heavy atom. The number of nitrogens with one attached hydrogen (secondary N) is 2. The number of rotatable bonds is 13. The number of para-hydroxylation sites is 1. The van der Waals surface area contributed by atoms with Crippen LogP contribution in [0.5, 0.6) is 5.75 Å². The molecule has 0 spiro atoms. The van der Waals surface area contributed by atoms with Gasteiger partial charge in [0.1, 0.15) is 18.0 Å². The number of carbonyl (C=O) groups is 5. The number of fused-ring (bicyclic) bond motifs is 2. The molecule has 2 aliphatic rings. The van der Waals surface area contributed by atoms with Gasteiger partial charge < -0.3 is 34.8 Å². The molecule has 5 amide bonds. The van der Waals surface area contributed by atoms with Gasteiger partial charge in [0.05, 0.1) is 37.2 Å². The molecular weight excluding hydrogens is 690 g/mol. The number of aromatic nitrogens is 1. The van der Waals surface area contributed by atoms with Gasteiger partial charge >= 0.3 is 12.0 Å². The monoisotopic (exact) mass is 735 g/mol. The van der Waals surface area contributed by atoms with Crippen LogP contribution in [0.1, 0.15) is 40.4 Å². The van der Waals surface area contributed by atoms with Crippen molar-refractivity contribution < 1.29 is 33.8 Å². The maximum absolute atomic E-state index is 14.6. The largest absolute Gasteiger partial charge is 0.508 e. The number of carbonyl (C=O) groups excluding carboxylic acids is 5. The van der Waals surface area contributed by atoms with Crippen molar-refractivity contribution in [1.29, 1.82) is 0 Å². The minimum Gasteiger partial charge on any atom is -0.508 e. The smallest absolute Gasteiger partial charge is 0.334 e. The van der Waals surface area contributed by atoms with Crippen LogP contribution < -0.4 is 10.6 Å². The zero-order chi connectivity index (χ0) is 38.4. The summed E-state index contributed by atoms with van der Waals surface area (Å²) in [6.45, 7) is 6.45. The number of phenolic OH excluding ortho intramolecular Hbond substituents is 1. The number of urea groups is 1. The molecule has 6 rings (SSSR count). The molecule has 4 aromatic rings. The number of phenols is 1. The third-order valence-corrected chi connectivity index (χ3v) is 9.64. The van der Waals surface area contributed by atoms with Crippen LogP contribution in [0.3, 0.4) is 0 Å². The molecule has 3 heterocycles. The van der Waals surface area contributed by atoms with Crippen LogP contribution in [0.4, 0.5) is 4.79 Å². The molecule has 0 saturated carbocycles. The molecule has 2 aliphatic heterocycles. The van der Waals surface area contributed by atoms with Gasteiger partial charge in [0.25, 0.3) is 5.91 Å². The first-order chi connectivity index (χ1) is 26.1. The molecule has 14 nitrogen and oxygen atoms in total. The lowest BCUT2D eigenvalue weighted by Gasteiger charge is -2.55. The summed E-state index contributed by atoms with van der Waals surface area (Å²) < 4.78 is 6.79. The zero-order valence-electron chi connectivity index (χ0n) is 30.4. The van der Waals surface area contributed by atoms with Crippen LogP contribution in [0.25, 0.3) is 10.9 Å². The number of ether oxygens (including phenoxy) is 1. The minimum absolute atomic E-state index is 0.0189. The summed E-state index contributed by atoms with van der Waals surface area (Å²) in [5, 5.41) is 19.6. The van der Waals surface area contributed by atoms with Crippen molar-refractivity contribution in [3.05, 3.63) is 114 Å². The van der Waals surface area contributed by atoms with Crippen LogP contribution in [0, 0.1) is 0 Å². The Balaban J connectivity index is 1.33.